The van der Waals surface area contributed by atoms with Gasteiger partial charge in [0.05, 0.1) is 12.2 Å². The van der Waals surface area contributed by atoms with Crippen LogP contribution in [0.2, 0.25) is 0 Å². The molecule has 8 nitrogen and oxygen atoms in total. The van der Waals surface area contributed by atoms with Gasteiger partial charge in [0, 0.05) is 43.5 Å². The van der Waals surface area contributed by atoms with Gasteiger partial charge in [-0.25, -0.2) is 9.98 Å². The molecule has 0 aliphatic carbocycles. The summed E-state index contributed by atoms with van der Waals surface area (Å²) in [4.78, 5) is 9.07. The van der Waals surface area contributed by atoms with Crippen LogP contribution in [0.15, 0.2) is 47.7 Å². The summed E-state index contributed by atoms with van der Waals surface area (Å²) in [5, 5.41) is 6.39. The zero-order valence-electron chi connectivity index (χ0n) is 17.0. The van der Waals surface area contributed by atoms with E-state index in [9.17, 15) is 8.78 Å². The summed E-state index contributed by atoms with van der Waals surface area (Å²) in [5.74, 6) is 1.44. The van der Waals surface area contributed by atoms with Gasteiger partial charge in [0.1, 0.15) is 11.4 Å². The minimum atomic E-state index is -2.94. The Morgan fingerprint density at radius 2 is 2.10 bits per heavy atom. The first-order valence-electron chi connectivity index (χ1n) is 9.94. The Balaban J connectivity index is 1.42. The lowest BCUT2D eigenvalue weighted by Gasteiger charge is -2.13. The van der Waals surface area contributed by atoms with Gasteiger partial charge >= 0.3 is 6.61 Å². The molecule has 0 radical (unpaired) electrons. The van der Waals surface area contributed by atoms with Gasteiger partial charge in [-0.15, -0.1) is 0 Å². The molecule has 4 rings (SSSR count). The second-order valence-electron chi connectivity index (χ2n) is 6.76. The van der Waals surface area contributed by atoms with E-state index in [1.165, 1.54) is 6.07 Å². The van der Waals surface area contributed by atoms with E-state index in [-0.39, 0.29) is 19.1 Å². The van der Waals surface area contributed by atoms with E-state index in [0.29, 0.717) is 42.5 Å². The molecule has 0 saturated heterocycles. The van der Waals surface area contributed by atoms with Gasteiger partial charge in [-0.1, -0.05) is 6.07 Å². The average molecular weight is 431 g/mol. The molecule has 10 heteroatoms. The Labute approximate surface area is 177 Å². The van der Waals surface area contributed by atoms with Crippen LogP contribution in [0.1, 0.15) is 18.2 Å². The molecule has 0 amide bonds. The van der Waals surface area contributed by atoms with Gasteiger partial charge in [0.2, 0.25) is 6.79 Å². The van der Waals surface area contributed by atoms with E-state index in [0.717, 1.165) is 11.3 Å². The van der Waals surface area contributed by atoms with E-state index < -0.39 is 6.61 Å². The first kappa shape index (κ1) is 20.7. The Bertz CT molecular complexity index is 1040. The molecular formula is C21H23F2N5O3. The molecule has 0 saturated carbocycles. The van der Waals surface area contributed by atoms with Gasteiger partial charge in [-0.05, 0) is 25.1 Å². The average Bonchev–Trinajstić information content (AvgIpc) is 3.37. The lowest BCUT2D eigenvalue weighted by atomic mass is 10.1. The Hall–Kier alpha value is -3.56. The first-order chi connectivity index (χ1) is 15.1. The van der Waals surface area contributed by atoms with E-state index in [4.69, 9.17) is 9.47 Å². The van der Waals surface area contributed by atoms with Crippen molar-refractivity contribution < 1.29 is 23.0 Å². The number of alkyl halides is 2. The van der Waals surface area contributed by atoms with Crippen LogP contribution in [0.4, 0.5) is 8.78 Å². The summed E-state index contributed by atoms with van der Waals surface area (Å²) in [6.45, 7) is 0.440. The van der Waals surface area contributed by atoms with Crippen LogP contribution in [0.25, 0.3) is 5.65 Å². The summed E-state index contributed by atoms with van der Waals surface area (Å²) >= 11 is 0. The highest BCUT2D eigenvalue weighted by Crippen LogP contribution is 2.39. The Morgan fingerprint density at radius 3 is 2.87 bits per heavy atom. The van der Waals surface area contributed by atoms with Crippen LogP contribution in [0.5, 0.6) is 17.2 Å². The second-order valence-corrected chi connectivity index (χ2v) is 6.76. The van der Waals surface area contributed by atoms with Crippen LogP contribution in [-0.2, 0) is 13.0 Å². The zero-order chi connectivity index (χ0) is 21.6. The van der Waals surface area contributed by atoms with Gasteiger partial charge in [-0.3, -0.25) is 0 Å². The fourth-order valence-electron chi connectivity index (χ4n) is 3.22. The Morgan fingerprint density at radius 1 is 1.26 bits per heavy atom. The maximum absolute atomic E-state index is 12.8. The molecule has 0 atom stereocenters. The Kier molecular flexibility index (Phi) is 6.34. The van der Waals surface area contributed by atoms with Crippen molar-refractivity contribution in [3.8, 4) is 17.2 Å². The molecule has 1 aliphatic heterocycles. The van der Waals surface area contributed by atoms with Crippen LogP contribution in [-0.4, -0.2) is 41.8 Å². The van der Waals surface area contributed by atoms with Crippen LogP contribution in [0, 0.1) is 0 Å². The number of aromatic nitrogens is 2. The molecule has 31 heavy (non-hydrogen) atoms. The lowest BCUT2D eigenvalue weighted by Crippen LogP contribution is -2.38. The highest BCUT2D eigenvalue weighted by atomic mass is 19.3. The quantitative estimate of drug-likeness (QED) is 0.422. The van der Waals surface area contributed by atoms with Crippen LogP contribution < -0.4 is 24.8 Å². The predicted molar refractivity (Wildman–Crippen MR) is 111 cm³/mol. The van der Waals surface area contributed by atoms with Crippen LogP contribution in [0.3, 0.4) is 0 Å². The number of nitrogens with zero attached hydrogens (tertiary/aromatic N) is 3. The number of rotatable bonds is 8. The summed E-state index contributed by atoms with van der Waals surface area (Å²) in [5.41, 5.74) is 2.33. The third kappa shape index (κ3) is 5.14. The number of halogens is 2. The molecule has 2 N–H and O–H groups in total. The second kappa shape index (κ2) is 9.50. The number of nitrogens with one attached hydrogen (secondary N) is 2. The largest absolute Gasteiger partial charge is 0.454 e. The van der Waals surface area contributed by atoms with Crippen molar-refractivity contribution in [3.05, 3.63) is 54.0 Å². The summed E-state index contributed by atoms with van der Waals surface area (Å²) < 4.78 is 42.8. The van der Waals surface area contributed by atoms with Crippen molar-refractivity contribution in [1.82, 2.24) is 20.0 Å². The van der Waals surface area contributed by atoms with Crippen molar-refractivity contribution >= 4 is 11.6 Å². The number of imidazole rings is 1. The molecule has 1 aromatic carbocycles. The minimum Gasteiger partial charge on any atom is -0.454 e. The number of hydrogen-bond acceptors (Lipinski definition) is 5. The molecule has 0 spiro atoms. The third-order valence-electron chi connectivity index (χ3n) is 4.61. The normalized spacial score (nSPS) is 13.1. The molecule has 3 heterocycles. The number of ether oxygens (including phenoxy) is 3. The van der Waals surface area contributed by atoms with E-state index >= 15 is 0 Å². The van der Waals surface area contributed by atoms with Crippen molar-refractivity contribution in [1.29, 1.82) is 0 Å². The first-order valence-corrected chi connectivity index (χ1v) is 9.94. The minimum absolute atomic E-state index is 0.0172. The zero-order valence-corrected chi connectivity index (χ0v) is 17.0. The number of hydrogen-bond donors (Lipinski definition) is 2. The summed E-state index contributed by atoms with van der Waals surface area (Å²) in [7, 11) is 0. The highest BCUT2D eigenvalue weighted by Gasteiger charge is 2.20. The number of aliphatic imine (C=N–C) groups is 1. The van der Waals surface area contributed by atoms with Crippen molar-refractivity contribution in [2.75, 3.05) is 19.9 Å². The summed E-state index contributed by atoms with van der Waals surface area (Å²) in [6, 6.07) is 8.87. The molecule has 0 unspecified atom stereocenters. The molecular weight excluding hydrogens is 408 g/mol. The van der Waals surface area contributed by atoms with Crippen molar-refractivity contribution in [2.45, 2.75) is 26.5 Å². The number of fused-ring (bicyclic) bond motifs is 2. The molecule has 1 aliphatic rings. The third-order valence-corrected chi connectivity index (χ3v) is 4.61. The number of guanidine groups is 1. The van der Waals surface area contributed by atoms with Crippen molar-refractivity contribution in [2.24, 2.45) is 4.99 Å². The van der Waals surface area contributed by atoms with Gasteiger partial charge < -0.3 is 29.2 Å². The predicted octanol–water partition coefficient (Wildman–Crippen LogP) is 2.96. The monoisotopic (exact) mass is 431 g/mol. The van der Waals surface area contributed by atoms with E-state index in [1.807, 2.05) is 41.9 Å². The number of pyridine rings is 1. The van der Waals surface area contributed by atoms with Crippen molar-refractivity contribution in [3.63, 3.8) is 0 Å². The molecule has 3 aromatic rings. The molecule has 164 valence electrons. The van der Waals surface area contributed by atoms with Gasteiger partial charge in [0.15, 0.2) is 17.5 Å². The smallest absolute Gasteiger partial charge is 0.387 e. The van der Waals surface area contributed by atoms with E-state index in [2.05, 4.69) is 25.3 Å². The fourth-order valence-corrected chi connectivity index (χ4v) is 3.22. The SMILES string of the molecule is CCNC(=NCc1cc2c(cc1OC(F)F)OCO2)NCCc1cn2ccccc2n1. The van der Waals surface area contributed by atoms with E-state index in [1.54, 1.807) is 6.07 Å². The maximum atomic E-state index is 12.8. The molecule has 0 fully saturated rings. The number of benzene rings is 1. The van der Waals surface area contributed by atoms with Crippen LogP contribution >= 0.6 is 0 Å². The standard InChI is InChI=1S/C21H23F2N5O3/c1-2-24-21(25-7-6-15-12-28-8-4-3-5-19(28)27-15)26-11-14-9-17-18(30-13-29-17)10-16(14)31-20(22)23/h3-5,8-10,12,20H,2,6-7,11,13H2,1H3,(H2,24,25,26). The summed E-state index contributed by atoms with van der Waals surface area (Å²) in [6.07, 6.45) is 4.65. The van der Waals surface area contributed by atoms with Gasteiger partial charge in [-0.2, -0.15) is 8.78 Å². The molecule has 0 bridgehead atoms. The molecule has 2 aromatic heterocycles. The fraction of sp³-hybridized carbons (Fsp3) is 0.333. The highest BCUT2D eigenvalue weighted by molar-refractivity contribution is 5.79. The topological polar surface area (TPSA) is 81.4 Å². The van der Waals surface area contributed by atoms with Gasteiger partial charge in [0.25, 0.3) is 0 Å². The lowest BCUT2D eigenvalue weighted by molar-refractivity contribution is -0.0505. The maximum Gasteiger partial charge on any atom is 0.387 e.